The summed E-state index contributed by atoms with van der Waals surface area (Å²) in [6.07, 6.45) is 1.63. The van der Waals surface area contributed by atoms with E-state index in [4.69, 9.17) is 4.74 Å². The molecule has 1 aliphatic rings. The van der Waals surface area contributed by atoms with Gasteiger partial charge in [-0.25, -0.2) is 4.98 Å². The van der Waals surface area contributed by atoms with Crippen LogP contribution in [0.25, 0.3) is 11.3 Å². The van der Waals surface area contributed by atoms with Crippen LogP contribution in [-0.4, -0.2) is 38.4 Å². The zero-order valence-corrected chi connectivity index (χ0v) is 18.5. The molecule has 30 heavy (non-hydrogen) atoms. The molecule has 0 bridgehead atoms. The number of rotatable bonds is 4. The molecule has 2 N–H and O–H groups in total. The van der Waals surface area contributed by atoms with E-state index in [2.05, 4.69) is 51.6 Å². The lowest BCUT2D eigenvalue weighted by molar-refractivity contribution is 0.101. The molecule has 4 rings (SSSR count). The molecule has 0 amide bonds. The van der Waals surface area contributed by atoms with E-state index in [1.54, 1.807) is 6.07 Å². The molecule has 0 spiro atoms. The van der Waals surface area contributed by atoms with Gasteiger partial charge >= 0.3 is 0 Å². The first kappa shape index (κ1) is 22.9. The van der Waals surface area contributed by atoms with Crippen LogP contribution in [0.1, 0.15) is 56.4 Å². The van der Waals surface area contributed by atoms with Crippen molar-refractivity contribution >= 4 is 22.8 Å². The van der Waals surface area contributed by atoms with Crippen LogP contribution < -0.4 is 15.4 Å². The maximum Gasteiger partial charge on any atom is 0.178 e. The molecule has 8 nitrogen and oxygen atoms in total. The average molecular weight is 411 g/mol. The molecule has 0 aliphatic carbocycles. The number of fused-ring (bicyclic) bond motifs is 2. The number of ether oxygens (including phenoxy) is 1. The first-order chi connectivity index (χ1) is 14.4. The topological polar surface area (TPSA) is 93.4 Å². The summed E-state index contributed by atoms with van der Waals surface area (Å²) in [4.78, 5) is 15.8. The Kier molecular flexibility index (Phi) is 7.91. The Bertz CT molecular complexity index is 1030. The van der Waals surface area contributed by atoms with Gasteiger partial charge in [0, 0.05) is 13.5 Å². The molecule has 1 unspecified atom stereocenters. The van der Waals surface area contributed by atoms with E-state index in [1.165, 1.54) is 23.2 Å². The van der Waals surface area contributed by atoms with Gasteiger partial charge < -0.3 is 15.4 Å². The highest BCUT2D eigenvalue weighted by molar-refractivity contribution is 5.93. The first-order valence-corrected chi connectivity index (χ1v) is 10.1. The van der Waals surface area contributed by atoms with Crippen LogP contribution in [0.5, 0.6) is 5.75 Å². The lowest BCUT2D eigenvalue weighted by Crippen LogP contribution is -2.14. The van der Waals surface area contributed by atoms with E-state index in [1.807, 2.05) is 33.8 Å². The van der Waals surface area contributed by atoms with Gasteiger partial charge in [-0.2, -0.15) is 4.52 Å². The number of hydrogen-bond donors (Lipinski definition) is 2. The smallest absolute Gasteiger partial charge is 0.178 e. The third-order valence-corrected chi connectivity index (χ3v) is 4.13. The number of aryl methyl sites for hydroxylation is 1. The number of nitrogens with one attached hydrogen (secondary N) is 2. The van der Waals surface area contributed by atoms with E-state index in [0.29, 0.717) is 22.7 Å². The van der Waals surface area contributed by atoms with Crippen molar-refractivity contribution in [3.8, 4) is 5.75 Å². The van der Waals surface area contributed by atoms with Crippen molar-refractivity contribution in [3.63, 3.8) is 0 Å². The second-order valence-corrected chi connectivity index (χ2v) is 6.50. The third kappa shape index (κ3) is 5.34. The summed E-state index contributed by atoms with van der Waals surface area (Å²) in [7, 11) is 0. The minimum Gasteiger partial charge on any atom is -0.469 e. The number of benzene rings is 1. The van der Waals surface area contributed by atoms with Gasteiger partial charge in [0.15, 0.2) is 17.7 Å². The Morgan fingerprint density at radius 3 is 2.73 bits per heavy atom. The normalized spacial score (nSPS) is 13.6. The van der Waals surface area contributed by atoms with Crippen molar-refractivity contribution in [3.05, 3.63) is 54.0 Å². The molecular weight excluding hydrogens is 380 g/mol. The minimum atomic E-state index is -0.0894. The van der Waals surface area contributed by atoms with Crippen molar-refractivity contribution in [2.75, 3.05) is 11.9 Å². The van der Waals surface area contributed by atoms with E-state index < -0.39 is 0 Å². The summed E-state index contributed by atoms with van der Waals surface area (Å²) in [6, 6.07) is 7.81. The van der Waals surface area contributed by atoms with Crippen molar-refractivity contribution in [1.29, 1.82) is 0 Å². The summed E-state index contributed by atoms with van der Waals surface area (Å²) in [6.45, 7) is 16.1. The fourth-order valence-corrected chi connectivity index (χ4v) is 2.83. The molecule has 1 aliphatic heterocycles. The maximum atomic E-state index is 11.5. The fourth-order valence-electron chi connectivity index (χ4n) is 2.83. The lowest BCUT2D eigenvalue weighted by atomic mass is 10.2. The summed E-state index contributed by atoms with van der Waals surface area (Å²) in [5.41, 5.74) is 4.66. The minimum absolute atomic E-state index is 0.0894. The van der Waals surface area contributed by atoms with Crippen LogP contribution >= 0.6 is 0 Å². The van der Waals surface area contributed by atoms with Gasteiger partial charge in [0.2, 0.25) is 0 Å². The standard InChI is InChI=1S/C11H13N5O.C9H11NO.C2H6/c1-4-12-7(2)9-5-10(8(3)17)16-11(14-9)6-13-15-16;1-6-3-4-9-8(5-6)10-7(2)11-9;1-2/h5-6,12H,2,4H2,1,3H3;3-5,7,10H,1-2H3;1-2H3. The van der Waals surface area contributed by atoms with Crippen LogP contribution in [0.4, 0.5) is 5.69 Å². The molecule has 160 valence electrons. The Morgan fingerprint density at radius 2 is 2.07 bits per heavy atom. The van der Waals surface area contributed by atoms with Crippen LogP contribution in [0.15, 0.2) is 37.0 Å². The van der Waals surface area contributed by atoms with Gasteiger partial charge in [0.25, 0.3) is 0 Å². The van der Waals surface area contributed by atoms with Crippen molar-refractivity contribution in [1.82, 2.24) is 25.1 Å². The van der Waals surface area contributed by atoms with Crippen LogP contribution in [-0.2, 0) is 0 Å². The molecule has 2 aromatic heterocycles. The number of hydrogen-bond acceptors (Lipinski definition) is 7. The predicted molar refractivity (Wildman–Crippen MR) is 120 cm³/mol. The second-order valence-electron chi connectivity index (χ2n) is 6.50. The quantitative estimate of drug-likeness (QED) is 0.626. The van der Waals surface area contributed by atoms with E-state index >= 15 is 0 Å². The summed E-state index contributed by atoms with van der Waals surface area (Å²) in [5, 5.41) is 13.8. The third-order valence-electron chi connectivity index (χ3n) is 4.13. The largest absolute Gasteiger partial charge is 0.469 e. The first-order valence-electron chi connectivity index (χ1n) is 10.1. The molecule has 0 radical (unpaired) electrons. The molecule has 0 fully saturated rings. The number of nitrogens with zero attached hydrogens (tertiary/aromatic N) is 4. The zero-order valence-electron chi connectivity index (χ0n) is 18.5. The van der Waals surface area contributed by atoms with E-state index in [-0.39, 0.29) is 12.0 Å². The number of carbonyl (C=O) groups is 1. The Morgan fingerprint density at radius 1 is 1.33 bits per heavy atom. The Balaban J connectivity index is 0.000000212. The van der Waals surface area contributed by atoms with Gasteiger partial charge in [0.05, 0.1) is 23.3 Å². The van der Waals surface area contributed by atoms with Gasteiger partial charge in [-0.3, -0.25) is 4.79 Å². The fraction of sp³-hybridized carbons (Fsp3) is 0.364. The maximum absolute atomic E-state index is 11.5. The highest BCUT2D eigenvalue weighted by Gasteiger charge is 2.16. The number of Topliss-reactive ketones (excluding diaryl/α,β-unsaturated/α-hetero) is 1. The number of ketones is 1. The van der Waals surface area contributed by atoms with Crippen molar-refractivity contribution < 1.29 is 9.53 Å². The SMILES string of the molecule is C=C(NCC)c1cc(C(C)=O)n2nncc2n1.CC.Cc1ccc2c(c1)NC(C)O2. The summed E-state index contributed by atoms with van der Waals surface area (Å²) < 4.78 is 6.87. The van der Waals surface area contributed by atoms with Crippen LogP contribution in [0, 0.1) is 6.92 Å². The van der Waals surface area contributed by atoms with E-state index in [9.17, 15) is 4.79 Å². The Hall–Kier alpha value is -3.42. The average Bonchev–Trinajstić information content (AvgIpc) is 3.34. The highest BCUT2D eigenvalue weighted by Crippen LogP contribution is 2.31. The van der Waals surface area contributed by atoms with Gasteiger partial charge in [-0.05, 0) is 44.5 Å². The molecule has 0 saturated heterocycles. The van der Waals surface area contributed by atoms with E-state index in [0.717, 1.165) is 18.0 Å². The van der Waals surface area contributed by atoms with Crippen molar-refractivity contribution in [2.24, 2.45) is 0 Å². The van der Waals surface area contributed by atoms with Gasteiger partial charge in [-0.15, -0.1) is 5.10 Å². The molecule has 1 atom stereocenters. The summed E-state index contributed by atoms with van der Waals surface area (Å²) in [5.74, 6) is 0.872. The number of anilines is 1. The molecule has 8 heteroatoms. The highest BCUT2D eigenvalue weighted by atomic mass is 16.5. The number of aromatic nitrogens is 4. The zero-order chi connectivity index (χ0) is 22.3. The summed E-state index contributed by atoms with van der Waals surface area (Å²) >= 11 is 0. The molecule has 3 aromatic rings. The molecule has 1 aromatic carbocycles. The van der Waals surface area contributed by atoms with Crippen molar-refractivity contribution in [2.45, 2.75) is 47.8 Å². The Labute approximate surface area is 177 Å². The molecule has 0 saturated carbocycles. The second kappa shape index (κ2) is 10.4. The number of carbonyl (C=O) groups excluding carboxylic acids is 1. The van der Waals surface area contributed by atoms with Gasteiger partial charge in [0.1, 0.15) is 11.4 Å². The lowest BCUT2D eigenvalue weighted by Gasteiger charge is -2.08. The van der Waals surface area contributed by atoms with Gasteiger partial charge in [-0.1, -0.05) is 31.7 Å². The molecule has 3 heterocycles. The molecular formula is C22H30N6O2. The monoisotopic (exact) mass is 410 g/mol. The predicted octanol–water partition coefficient (Wildman–Crippen LogP) is 4.08. The van der Waals surface area contributed by atoms with Crippen LogP contribution in [0.3, 0.4) is 0 Å². The van der Waals surface area contributed by atoms with Crippen LogP contribution in [0.2, 0.25) is 0 Å².